The first-order valence-electron chi connectivity index (χ1n) is 10.6. The van der Waals surface area contributed by atoms with Crippen molar-refractivity contribution in [2.45, 2.75) is 42.7 Å². The maximum atomic E-state index is 13.3. The van der Waals surface area contributed by atoms with Crippen molar-refractivity contribution in [3.05, 3.63) is 81.9 Å². The molecule has 0 bridgehead atoms. The second-order valence-corrected chi connectivity index (χ2v) is 11.1. The van der Waals surface area contributed by atoms with E-state index in [0.29, 0.717) is 0 Å². The number of imide groups is 1. The third-order valence-electron chi connectivity index (χ3n) is 6.11. The van der Waals surface area contributed by atoms with E-state index < -0.39 is 60.5 Å². The summed E-state index contributed by atoms with van der Waals surface area (Å²) in [6, 6.07) is 15.4. The van der Waals surface area contributed by atoms with Gasteiger partial charge >= 0.3 is 18.2 Å². The Hall–Kier alpha value is -3.44. The molecule has 2 aliphatic rings. The molecule has 2 fully saturated rings. The Morgan fingerprint density at radius 1 is 1.18 bits per heavy atom. The Morgan fingerprint density at radius 2 is 1.76 bits per heavy atom. The van der Waals surface area contributed by atoms with E-state index in [9.17, 15) is 28.7 Å². The second kappa shape index (κ2) is 8.73. The molecule has 0 spiro atoms. The number of rotatable bonds is 6. The monoisotopic (exact) mass is 486 g/mol. The van der Waals surface area contributed by atoms with Crippen molar-refractivity contribution in [3.8, 4) is 0 Å². The van der Waals surface area contributed by atoms with Crippen LogP contribution in [0.5, 0.6) is 0 Å². The van der Waals surface area contributed by atoms with Gasteiger partial charge in [-0.3, -0.25) is 19.1 Å². The molecule has 5 atom stereocenters. The molecule has 4 unspecified atom stereocenters. The highest BCUT2D eigenvalue weighted by Gasteiger charge is 2.79. The van der Waals surface area contributed by atoms with Crippen LogP contribution in [-0.4, -0.2) is 54.2 Å². The minimum Gasteiger partial charge on any atom is -0.346 e. The van der Waals surface area contributed by atoms with Gasteiger partial charge < -0.3 is 10.1 Å². The lowest BCUT2D eigenvalue weighted by Crippen LogP contribution is -2.81. The Labute approximate surface area is 198 Å². The summed E-state index contributed by atoms with van der Waals surface area (Å²) in [4.78, 5) is 50.0. The Kier molecular flexibility index (Phi) is 6.09. The highest BCUT2D eigenvalue weighted by atomic mass is 32.2. The zero-order valence-electron chi connectivity index (χ0n) is 18.6. The zero-order chi connectivity index (χ0) is 24.7. The van der Waals surface area contributed by atoms with Gasteiger partial charge in [-0.2, -0.15) is 4.79 Å². The van der Waals surface area contributed by atoms with Crippen LogP contribution in [0.3, 0.4) is 0 Å². The fourth-order valence-electron chi connectivity index (χ4n) is 4.55. The van der Waals surface area contributed by atoms with Crippen LogP contribution in [0.15, 0.2) is 60.7 Å². The lowest BCUT2D eigenvalue weighted by molar-refractivity contribution is -0.823. The Bertz CT molecular complexity index is 1170. The number of carbonyl (C=O) groups is 3. The summed E-state index contributed by atoms with van der Waals surface area (Å²) in [6.07, 6.45) is -2.96. The minimum atomic E-state index is -1.82. The number of amides is 3. The fourth-order valence-corrected chi connectivity index (χ4v) is 6.56. The molecule has 3 amide bonds. The summed E-state index contributed by atoms with van der Waals surface area (Å²) in [5, 5.41) is 13.1. The van der Waals surface area contributed by atoms with Crippen LogP contribution in [0.2, 0.25) is 0 Å². The van der Waals surface area contributed by atoms with E-state index in [1.165, 1.54) is 12.1 Å². The average Bonchev–Trinajstić information content (AvgIpc) is 3.00. The van der Waals surface area contributed by atoms with Crippen LogP contribution >= 0.6 is 0 Å². The van der Waals surface area contributed by atoms with Crippen LogP contribution in [0.25, 0.3) is 0 Å². The normalized spacial score (nSPS) is 27.7. The predicted octanol–water partition coefficient (Wildman–Crippen LogP) is 2.05. The summed E-state index contributed by atoms with van der Waals surface area (Å²) in [5.41, 5.74) is 0.868. The van der Waals surface area contributed by atoms with Crippen molar-refractivity contribution in [1.82, 2.24) is 5.32 Å². The summed E-state index contributed by atoms with van der Waals surface area (Å²) >= 11 is 0. The van der Waals surface area contributed by atoms with Crippen molar-refractivity contribution < 1.29 is 32.7 Å². The molecule has 0 saturated carbocycles. The van der Waals surface area contributed by atoms with Gasteiger partial charge in [0.1, 0.15) is 6.54 Å². The molecule has 178 valence electrons. The third-order valence-corrected chi connectivity index (χ3v) is 8.40. The van der Waals surface area contributed by atoms with E-state index in [0.717, 1.165) is 5.56 Å². The number of fused-ring (bicyclic) bond motifs is 1. The quantitative estimate of drug-likeness (QED) is 0.217. The number of hydrogen-bond acceptors (Lipinski definition) is 7. The van der Waals surface area contributed by atoms with Gasteiger partial charge in [-0.1, -0.05) is 48.5 Å². The zero-order valence-corrected chi connectivity index (χ0v) is 19.4. The van der Waals surface area contributed by atoms with Crippen molar-refractivity contribution >= 4 is 28.7 Å². The van der Waals surface area contributed by atoms with Gasteiger partial charge in [0.05, 0.1) is 32.5 Å². The van der Waals surface area contributed by atoms with Crippen LogP contribution in [0.4, 0.5) is 4.79 Å². The lowest BCUT2D eigenvalue weighted by atomic mass is 9.99. The van der Waals surface area contributed by atoms with Crippen molar-refractivity contribution in [2.24, 2.45) is 0 Å². The largest absolute Gasteiger partial charge is 0.530 e. The summed E-state index contributed by atoms with van der Waals surface area (Å²) < 4.78 is 16.6. The maximum absolute atomic E-state index is 13.3. The molecule has 10 nitrogen and oxygen atoms in total. The van der Waals surface area contributed by atoms with Crippen molar-refractivity contribution in [3.63, 3.8) is 0 Å². The summed E-state index contributed by atoms with van der Waals surface area (Å²) in [5.74, 6) is -1.14. The van der Waals surface area contributed by atoms with Crippen molar-refractivity contribution in [2.75, 3.05) is 6.54 Å². The highest BCUT2D eigenvalue weighted by Crippen LogP contribution is 2.47. The van der Waals surface area contributed by atoms with E-state index in [1.807, 2.05) is 6.07 Å². The molecule has 2 heterocycles. The van der Waals surface area contributed by atoms with Gasteiger partial charge in [0.2, 0.25) is 17.3 Å². The molecular formula is C23H24N3O7S+. The molecular weight excluding hydrogens is 462 g/mol. The number of β-lactam (4-membered cyclic amide) rings is 1. The van der Waals surface area contributed by atoms with Gasteiger partial charge in [0.25, 0.3) is 0 Å². The van der Waals surface area contributed by atoms with Gasteiger partial charge in [0.15, 0.2) is 0 Å². The fraction of sp³-hybridized carbons (Fsp3) is 0.348. The molecule has 11 heteroatoms. The first-order valence-corrected chi connectivity index (χ1v) is 11.8. The summed E-state index contributed by atoms with van der Waals surface area (Å²) in [6.45, 7) is 3.15. The van der Waals surface area contributed by atoms with Gasteiger partial charge in [0, 0.05) is 0 Å². The maximum Gasteiger partial charge on any atom is 0.530 e. The first kappa shape index (κ1) is 23.7. The van der Waals surface area contributed by atoms with E-state index in [2.05, 4.69) is 5.32 Å². The lowest BCUT2D eigenvalue weighted by Gasteiger charge is -2.44. The number of nitrogens with zero attached hydrogens (tertiary/aromatic N) is 2. The van der Waals surface area contributed by atoms with E-state index in [1.54, 1.807) is 56.3 Å². The average molecular weight is 487 g/mol. The van der Waals surface area contributed by atoms with Crippen LogP contribution in [0.1, 0.15) is 31.2 Å². The first-order chi connectivity index (χ1) is 16.1. The molecule has 2 saturated heterocycles. The number of ether oxygens (including phenoxy) is 1. The number of nitrogens with one attached hydrogen (secondary N) is 1. The Morgan fingerprint density at radius 3 is 2.35 bits per heavy atom. The number of hydrogen-bond donors (Lipinski definition) is 1. The third kappa shape index (κ3) is 3.90. The van der Waals surface area contributed by atoms with Crippen LogP contribution in [-0.2, 0) is 31.5 Å². The highest BCUT2D eigenvalue weighted by molar-refractivity contribution is 7.87. The summed E-state index contributed by atoms with van der Waals surface area (Å²) in [7, 11) is -1.70. The molecule has 2 aromatic carbocycles. The molecule has 4 rings (SSSR count). The van der Waals surface area contributed by atoms with E-state index >= 15 is 0 Å². The minimum absolute atomic E-state index is 0.00915. The van der Waals surface area contributed by atoms with Gasteiger partial charge in [-0.15, -0.1) is 4.48 Å². The number of carbonyl (C=O) groups excluding carboxylic acids is 3. The van der Waals surface area contributed by atoms with Crippen LogP contribution in [0, 0.1) is 10.1 Å². The molecule has 1 N–H and O–H groups in total. The molecule has 2 aromatic rings. The van der Waals surface area contributed by atoms with Crippen LogP contribution < -0.4 is 5.32 Å². The Balaban J connectivity index is 1.58. The molecule has 0 radical (unpaired) electrons. The van der Waals surface area contributed by atoms with E-state index in [4.69, 9.17) is 4.74 Å². The predicted molar refractivity (Wildman–Crippen MR) is 121 cm³/mol. The topological polar surface area (TPSA) is 133 Å². The molecule has 0 aromatic heterocycles. The number of benzene rings is 2. The molecule has 34 heavy (non-hydrogen) atoms. The van der Waals surface area contributed by atoms with Gasteiger partial charge in [-0.05, 0) is 31.5 Å². The smallest absolute Gasteiger partial charge is 0.346 e. The second-order valence-electron chi connectivity index (χ2n) is 8.95. The van der Waals surface area contributed by atoms with E-state index in [-0.39, 0.29) is 18.5 Å². The molecule has 2 aliphatic heterocycles. The molecule has 0 aliphatic carbocycles. The number of quaternary nitrogens is 1. The standard InChI is InChI=1S/C23H23N3O7S/c1-23(2)14-26(22(29)33-19(25(30)31)16-11-7-4-8-12-16)20(28)18(21(26)34(23)32)24-17(27)13-15-9-5-3-6-10-15/h3-12,18-19,21H,13-14H2,1-2H3/p+1/t18?,19?,21-,26?,34?/m0/s1. The number of nitro groups is 1. The van der Waals surface area contributed by atoms with Crippen molar-refractivity contribution in [1.29, 1.82) is 0 Å². The SMILES string of the molecule is CC1(C)C[N+]2(C(=O)OC(c3ccccc3)[N+](=O)[O-])C(=O)C(NC(=O)Cc3ccccc3)[C@@H]2S1=O. The van der Waals surface area contributed by atoms with Gasteiger partial charge in [-0.25, -0.2) is 4.79 Å².